The maximum absolute atomic E-state index is 12.6. The van der Waals surface area contributed by atoms with Gasteiger partial charge in [0.1, 0.15) is 11.5 Å². The topological polar surface area (TPSA) is 96.5 Å². The second-order valence-electron chi connectivity index (χ2n) is 11.1. The van der Waals surface area contributed by atoms with Gasteiger partial charge in [-0.1, -0.05) is 6.92 Å². The van der Waals surface area contributed by atoms with E-state index in [2.05, 4.69) is 4.90 Å². The SMILES string of the molecule is CC(=O)N(C)C1CCC(OCCN2CCCC2)CC1.CCCC(=O)CN(C)S(=O)(=O)c1c(C)cc(OC)cc1C. The molecular weight excluding hydrogens is 530 g/mol. The number of carbonyl (C=O) groups excluding carboxylic acids is 2. The van der Waals surface area contributed by atoms with Crippen LogP contribution >= 0.6 is 0 Å². The van der Waals surface area contributed by atoms with Crippen LogP contribution in [0.1, 0.15) is 76.3 Å². The summed E-state index contributed by atoms with van der Waals surface area (Å²) in [6.45, 7) is 11.4. The molecule has 9 nitrogen and oxygen atoms in total. The maximum Gasteiger partial charge on any atom is 0.243 e. The van der Waals surface area contributed by atoms with Crippen LogP contribution in [-0.2, 0) is 24.3 Å². The quantitative estimate of drug-likeness (QED) is 0.365. The van der Waals surface area contributed by atoms with Crippen molar-refractivity contribution in [3.8, 4) is 5.75 Å². The average Bonchev–Trinajstić information content (AvgIpc) is 3.42. The first-order valence-corrected chi connectivity index (χ1v) is 16.0. The molecule has 1 saturated heterocycles. The fourth-order valence-corrected chi connectivity index (χ4v) is 7.05. The highest BCUT2D eigenvalue weighted by atomic mass is 32.2. The molecule has 10 heteroatoms. The van der Waals surface area contributed by atoms with Crippen molar-refractivity contribution in [2.45, 2.75) is 96.1 Å². The molecule has 40 heavy (non-hydrogen) atoms. The van der Waals surface area contributed by atoms with Gasteiger partial charge in [-0.2, -0.15) is 4.31 Å². The molecule has 1 aliphatic carbocycles. The first-order chi connectivity index (χ1) is 18.9. The molecule has 2 aliphatic rings. The Bertz CT molecular complexity index is 1040. The molecule has 1 aromatic carbocycles. The van der Waals surface area contributed by atoms with Gasteiger partial charge < -0.3 is 19.3 Å². The normalized spacial score (nSPS) is 19.7. The summed E-state index contributed by atoms with van der Waals surface area (Å²) in [5.41, 5.74) is 1.23. The van der Waals surface area contributed by atoms with E-state index in [0.29, 0.717) is 41.9 Å². The number of hydrogen-bond acceptors (Lipinski definition) is 7. The zero-order valence-electron chi connectivity index (χ0n) is 25.7. The zero-order chi connectivity index (χ0) is 29.9. The van der Waals surface area contributed by atoms with Crippen molar-refractivity contribution in [2.24, 2.45) is 0 Å². The van der Waals surface area contributed by atoms with E-state index in [1.807, 2.05) is 18.9 Å². The van der Waals surface area contributed by atoms with Crippen molar-refractivity contribution >= 4 is 21.7 Å². The summed E-state index contributed by atoms with van der Waals surface area (Å²) in [6.07, 6.45) is 8.59. The van der Waals surface area contributed by atoms with E-state index < -0.39 is 10.0 Å². The van der Waals surface area contributed by atoms with Gasteiger partial charge in [-0.3, -0.25) is 9.59 Å². The number of aryl methyl sites for hydroxylation is 2. The number of nitrogens with zero attached hydrogens (tertiary/aromatic N) is 3. The first-order valence-electron chi connectivity index (χ1n) is 14.6. The maximum atomic E-state index is 12.6. The minimum absolute atomic E-state index is 0.0765. The predicted molar refractivity (Wildman–Crippen MR) is 158 cm³/mol. The Hall–Kier alpha value is -2.01. The molecule has 228 valence electrons. The minimum Gasteiger partial charge on any atom is -0.497 e. The fraction of sp³-hybridized carbons (Fsp3) is 0.733. The van der Waals surface area contributed by atoms with Crippen molar-refractivity contribution in [3.05, 3.63) is 23.3 Å². The highest BCUT2D eigenvalue weighted by Crippen LogP contribution is 2.28. The number of likely N-dealkylation sites (N-methyl/N-ethyl adjacent to an activating group) is 1. The summed E-state index contributed by atoms with van der Waals surface area (Å²) in [4.78, 5) is 27.6. The summed E-state index contributed by atoms with van der Waals surface area (Å²) >= 11 is 0. The van der Waals surface area contributed by atoms with Crippen LogP contribution in [0.25, 0.3) is 0 Å². The fourth-order valence-electron chi connectivity index (χ4n) is 5.49. The van der Waals surface area contributed by atoms with Crippen LogP contribution in [0.2, 0.25) is 0 Å². The molecule has 2 fully saturated rings. The lowest BCUT2D eigenvalue weighted by Crippen LogP contribution is -2.39. The van der Waals surface area contributed by atoms with Crippen LogP contribution < -0.4 is 4.74 Å². The van der Waals surface area contributed by atoms with E-state index >= 15 is 0 Å². The molecular formula is C30H51N3O6S. The smallest absolute Gasteiger partial charge is 0.243 e. The summed E-state index contributed by atoms with van der Waals surface area (Å²) in [6, 6.07) is 3.79. The number of ketones is 1. The van der Waals surface area contributed by atoms with Crippen LogP contribution in [-0.4, -0.2) is 100 Å². The summed E-state index contributed by atoms with van der Waals surface area (Å²) in [5, 5.41) is 0. The zero-order valence-corrected chi connectivity index (χ0v) is 26.5. The Labute approximate surface area is 242 Å². The van der Waals surface area contributed by atoms with Gasteiger partial charge in [-0.15, -0.1) is 0 Å². The van der Waals surface area contributed by atoms with E-state index in [1.165, 1.54) is 40.1 Å². The van der Waals surface area contributed by atoms with Gasteiger partial charge >= 0.3 is 0 Å². The lowest BCUT2D eigenvalue weighted by molar-refractivity contribution is -0.130. The molecule has 1 aliphatic heterocycles. The van der Waals surface area contributed by atoms with Crippen LogP contribution in [0, 0.1) is 13.8 Å². The van der Waals surface area contributed by atoms with Gasteiger partial charge in [0.2, 0.25) is 15.9 Å². The molecule has 1 amide bonds. The third-order valence-corrected chi connectivity index (χ3v) is 10.0. The highest BCUT2D eigenvalue weighted by molar-refractivity contribution is 7.89. The molecule has 0 N–H and O–H groups in total. The Morgan fingerprint density at radius 1 is 1.02 bits per heavy atom. The van der Waals surface area contributed by atoms with Crippen molar-refractivity contribution in [1.82, 2.24) is 14.1 Å². The van der Waals surface area contributed by atoms with E-state index in [9.17, 15) is 18.0 Å². The van der Waals surface area contributed by atoms with Gasteiger partial charge in [0.15, 0.2) is 0 Å². The molecule has 0 spiro atoms. The number of likely N-dealkylation sites (tertiary alicyclic amines) is 1. The van der Waals surface area contributed by atoms with Gasteiger partial charge in [0.25, 0.3) is 0 Å². The molecule has 3 rings (SSSR count). The Morgan fingerprint density at radius 3 is 2.10 bits per heavy atom. The Balaban J connectivity index is 0.000000281. The van der Waals surface area contributed by atoms with Gasteiger partial charge in [0, 0.05) is 40.0 Å². The molecule has 0 atom stereocenters. The number of Topliss-reactive ketones (excluding diaryl/α,β-unsaturated/α-hetero) is 1. The van der Waals surface area contributed by atoms with Crippen LogP contribution in [0.4, 0.5) is 0 Å². The predicted octanol–water partition coefficient (Wildman–Crippen LogP) is 4.19. The lowest BCUT2D eigenvalue weighted by Gasteiger charge is -2.34. The number of rotatable bonds is 12. The van der Waals surface area contributed by atoms with E-state index in [0.717, 1.165) is 43.1 Å². The lowest BCUT2D eigenvalue weighted by atomic mass is 9.92. The average molecular weight is 582 g/mol. The third-order valence-electron chi connectivity index (χ3n) is 7.91. The van der Waals surface area contributed by atoms with Crippen molar-refractivity contribution < 1.29 is 27.5 Å². The first kappa shape index (κ1) is 34.2. The van der Waals surface area contributed by atoms with Crippen molar-refractivity contribution in [2.75, 3.05) is 54.0 Å². The van der Waals surface area contributed by atoms with E-state index in [1.54, 1.807) is 32.9 Å². The molecule has 1 saturated carbocycles. The second kappa shape index (κ2) is 16.4. The molecule has 0 bridgehead atoms. The molecule has 0 radical (unpaired) electrons. The van der Waals surface area contributed by atoms with Gasteiger partial charge in [-0.25, -0.2) is 8.42 Å². The monoisotopic (exact) mass is 581 g/mol. The summed E-state index contributed by atoms with van der Waals surface area (Å²) in [7, 11) is 1.21. The standard InChI is InChI=1S/C15H28N2O2.C15H23NO4S/c1-13(18)16(2)14-5-7-15(8-6-14)19-12-11-17-9-3-4-10-17;1-6-7-13(17)10-16(4)21(18,19)15-11(2)8-14(20-5)9-12(15)3/h14-15H,3-12H2,1-2H3;8-9H,6-7,10H2,1-5H3. The van der Waals surface area contributed by atoms with Crippen LogP contribution in [0.5, 0.6) is 5.75 Å². The van der Waals surface area contributed by atoms with E-state index in [4.69, 9.17) is 9.47 Å². The van der Waals surface area contributed by atoms with Gasteiger partial charge in [-0.05, 0) is 95.1 Å². The third kappa shape index (κ3) is 10.1. The largest absolute Gasteiger partial charge is 0.497 e. The van der Waals surface area contributed by atoms with Crippen LogP contribution in [0.15, 0.2) is 17.0 Å². The van der Waals surface area contributed by atoms with Crippen molar-refractivity contribution in [1.29, 1.82) is 0 Å². The number of methoxy groups -OCH3 is 1. The molecule has 1 aromatic rings. The highest BCUT2D eigenvalue weighted by Gasteiger charge is 2.27. The molecule has 1 heterocycles. The van der Waals surface area contributed by atoms with Crippen molar-refractivity contribution in [3.63, 3.8) is 0 Å². The molecule has 0 aromatic heterocycles. The number of carbonyl (C=O) groups is 2. The number of hydrogen-bond donors (Lipinski definition) is 0. The summed E-state index contributed by atoms with van der Waals surface area (Å²) < 4.78 is 37.5. The Morgan fingerprint density at radius 2 is 1.60 bits per heavy atom. The number of amides is 1. The van der Waals surface area contributed by atoms with E-state index in [-0.39, 0.29) is 23.1 Å². The number of ether oxygens (including phenoxy) is 2. The number of benzene rings is 1. The summed E-state index contributed by atoms with van der Waals surface area (Å²) in [5.74, 6) is 0.722. The number of sulfonamides is 1. The van der Waals surface area contributed by atoms with Crippen LogP contribution in [0.3, 0.4) is 0 Å². The molecule has 0 unspecified atom stereocenters. The second-order valence-corrected chi connectivity index (χ2v) is 13.1. The minimum atomic E-state index is -3.68. The van der Waals surface area contributed by atoms with Gasteiger partial charge in [0.05, 0.1) is 31.3 Å². The Kier molecular flexibility index (Phi) is 14.1.